The van der Waals surface area contributed by atoms with Crippen LogP contribution in [0.5, 0.6) is 0 Å². The Morgan fingerprint density at radius 3 is 2.24 bits per heavy atom. The van der Waals surface area contributed by atoms with Crippen molar-refractivity contribution in [1.29, 1.82) is 0 Å². The number of nitrogens with zero attached hydrogens (tertiary/aromatic N) is 1. The molecule has 0 aliphatic heterocycles. The highest BCUT2D eigenvalue weighted by molar-refractivity contribution is 6.39. The Kier molecular flexibility index (Phi) is 5.32. The van der Waals surface area contributed by atoms with E-state index in [1.807, 2.05) is 13.1 Å². The van der Waals surface area contributed by atoms with Crippen molar-refractivity contribution in [2.45, 2.75) is 26.8 Å². The number of aliphatic imine (C=N–C) groups is 1. The van der Waals surface area contributed by atoms with Crippen molar-refractivity contribution in [3.8, 4) is 0 Å². The molecule has 0 saturated heterocycles. The van der Waals surface area contributed by atoms with Crippen LogP contribution < -0.4 is 0 Å². The first kappa shape index (κ1) is 16.4. The molecule has 0 amide bonds. The van der Waals surface area contributed by atoms with E-state index >= 15 is 0 Å². The van der Waals surface area contributed by atoms with E-state index in [0.29, 0.717) is 15.1 Å². The molecule has 0 aliphatic carbocycles. The molecule has 0 N–H and O–H groups in total. The SMILES string of the molecule is Cc1ccc(C)c(/C=N\C(C)c2c(Cl)cc(Cl)cc2Cl)c1. The molecule has 21 heavy (non-hydrogen) atoms. The lowest BCUT2D eigenvalue weighted by atomic mass is 10.1. The van der Waals surface area contributed by atoms with Crippen molar-refractivity contribution in [2.75, 3.05) is 0 Å². The molecule has 0 heterocycles. The third kappa shape index (κ3) is 4.00. The summed E-state index contributed by atoms with van der Waals surface area (Å²) in [5.74, 6) is 0. The molecule has 110 valence electrons. The number of aryl methyl sites for hydroxylation is 2. The molecule has 0 saturated carbocycles. The standard InChI is InChI=1S/C17H16Cl3N/c1-10-4-5-11(2)13(6-10)9-21-12(3)17-15(19)7-14(18)8-16(17)20/h4-9,12H,1-3H3/b21-9-. The summed E-state index contributed by atoms with van der Waals surface area (Å²) in [6.07, 6.45) is 1.87. The van der Waals surface area contributed by atoms with Crippen molar-refractivity contribution in [2.24, 2.45) is 4.99 Å². The fourth-order valence-corrected chi connectivity index (χ4v) is 3.25. The summed E-state index contributed by atoms with van der Waals surface area (Å²) in [7, 11) is 0. The van der Waals surface area contributed by atoms with Gasteiger partial charge in [0.25, 0.3) is 0 Å². The Labute approximate surface area is 140 Å². The Morgan fingerprint density at radius 1 is 1.00 bits per heavy atom. The summed E-state index contributed by atoms with van der Waals surface area (Å²) in [6, 6.07) is 9.52. The molecule has 0 aliphatic rings. The van der Waals surface area contributed by atoms with Crippen LogP contribution >= 0.6 is 34.8 Å². The molecule has 1 unspecified atom stereocenters. The van der Waals surface area contributed by atoms with E-state index < -0.39 is 0 Å². The zero-order valence-corrected chi connectivity index (χ0v) is 14.4. The van der Waals surface area contributed by atoms with Crippen molar-refractivity contribution >= 4 is 41.0 Å². The predicted octanol–water partition coefficient (Wildman–Crippen LogP) is 6.44. The summed E-state index contributed by atoms with van der Waals surface area (Å²) >= 11 is 18.4. The molecule has 0 bridgehead atoms. The van der Waals surface area contributed by atoms with E-state index in [1.165, 1.54) is 11.1 Å². The summed E-state index contributed by atoms with van der Waals surface area (Å²) in [5, 5.41) is 1.61. The normalized spacial score (nSPS) is 12.9. The average molecular weight is 341 g/mol. The minimum atomic E-state index is -0.137. The van der Waals surface area contributed by atoms with E-state index in [0.717, 1.165) is 11.1 Å². The van der Waals surface area contributed by atoms with Gasteiger partial charge in [0.2, 0.25) is 0 Å². The van der Waals surface area contributed by atoms with Crippen LogP contribution in [0.2, 0.25) is 15.1 Å². The fourth-order valence-electron chi connectivity index (χ4n) is 2.12. The molecule has 2 rings (SSSR count). The third-order valence-electron chi connectivity index (χ3n) is 3.33. The Morgan fingerprint density at radius 2 is 1.62 bits per heavy atom. The number of rotatable bonds is 3. The van der Waals surface area contributed by atoms with Crippen LogP contribution in [0.15, 0.2) is 35.3 Å². The molecule has 0 fully saturated rings. The smallest absolute Gasteiger partial charge is 0.0750 e. The lowest BCUT2D eigenvalue weighted by Gasteiger charge is -2.12. The van der Waals surface area contributed by atoms with Crippen molar-refractivity contribution < 1.29 is 0 Å². The highest BCUT2D eigenvalue weighted by Crippen LogP contribution is 2.35. The first-order valence-corrected chi connectivity index (χ1v) is 7.76. The number of halogens is 3. The number of hydrogen-bond acceptors (Lipinski definition) is 1. The van der Waals surface area contributed by atoms with Crippen molar-refractivity contribution in [1.82, 2.24) is 0 Å². The minimum absolute atomic E-state index is 0.137. The van der Waals surface area contributed by atoms with Crippen LogP contribution in [0.25, 0.3) is 0 Å². The second-order valence-corrected chi connectivity index (χ2v) is 6.35. The molecule has 0 radical (unpaired) electrons. The van der Waals surface area contributed by atoms with Crippen LogP contribution in [0.1, 0.15) is 35.2 Å². The van der Waals surface area contributed by atoms with Crippen LogP contribution in [-0.4, -0.2) is 6.21 Å². The quantitative estimate of drug-likeness (QED) is 0.570. The van der Waals surface area contributed by atoms with Gasteiger partial charge >= 0.3 is 0 Å². The summed E-state index contributed by atoms with van der Waals surface area (Å²) in [4.78, 5) is 4.58. The van der Waals surface area contributed by atoms with E-state index in [-0.39, 0.29) is 6.04 Å². The molecular weight excluding hydrogens is 325 g/mol. The second-order valence-electron chi connectivity index (χ2n) is 5.10. The zero-order chi connectivity index (χ0) is 15.6. The van der Waals surface area contributed by atoms with Gasteiger partial charge in [-0.15, -0.1) is 0 Å². The van der Waals surface area contributed by atoms with Gasteiger partial charge in [-0.05, 0) is 44.0 Å². The lowest BCUT2D eigenvalue weighted by Crippen LogP contribution is -1.96. The van der Waals surface area contributed by atoms with Crippen LogP contribution in [0.4, 0.5) is 0 Å². The van der Waals surface area contributed by atoms with Gasteiger partial charge in [0, 0.05) is 26.8 Å². The van der Waals surface area contributed by atoms with E-state index in [2.05, 4.69) is 37.0 Å². The third-order valence-corrected chi connectivity index (χ3v) is 4.18. The van der Waals surface area contributed by atoms with E-state index in [4.69, 9.17) is 34.8 Å². The van der Waals surface area contributed by atoms with Gasteiger partial charge in [-0.25, -0.2) is 0 Å². The van der Waals surface area contributed by atoms with Crippen molar-refractivity contribution in [3.63, 3.8) is 0 Å². The van der Waals surface area contributed by atoms with Gasteiger partial charge in [-0.3, -0.25) is 4.99 Å². The highest BCUT2D eigenvalue weighted by atomic mass is 35.5. The minimum Gasteiger partial charge on any atom is -0.285 e. The average Bonchev–Trinajstić information content (AvgIpc) is 2.38. The van der Waals surface area contributed by atoms with Gasteiger partial charge in [-0.2, -0.15) is 0 Å². The van der Waals surface area contributed by atoms with Crippen LogP contribution in [0, 0.1) is 13.8 Å². The van der Waals surface area contributed by atoms with Gasteiger partial charge in [0.1, 0.15) is 0 Å². The first-order chi connectivity index (χ1) is 9.88. The summed E-state index contributed by atoms with van der Waals surface area (Å²) in [6.45, 7) is 6.09. The summed E-state index contributed by atoms with van der Waals surface area (Å²) in [5.41, 5.74) is 4.29. The van der Waals surface area contributed by atoms with Crippen LogP contribution in [0.3, 0.4) is 0 Å². The lowest BCUT2D eigenvalue weighted by molar-refractivity contribution is 0.825. The monoisotopic (exact) mass is 339 g/mol. The van der Waals surface area contributed by atoms with Gasteiger partial charge in [0.05, 0.1) is 6.04 Å². The molecule has 0 spiro atoms. The van der Waals surface area contributed by atoms with Gasteiger partial charge < -0.3 is 0 Å². The first-order valence-electron chi connectivity index (χ1n) is 6.63. The topological polar surface area (TPSA) is 12.4 Å². The van der Waals surface area contributed by atoms with E-state index in [9.17, 15) is 0 Å². The molecule has 1 atom stereocenters. The van der Waals surface area contributed by atoms with Gasteiger partial charge in [0.15, 0.2) is 0 Å². The fraction of sp³-hybridized carbons (Fsp3) is 0.235. The second kappa shape index (κ2) is 6.83. The number of hydrogen-bond donors (Lipinski definition) is 0. The molecule has 2 aromatic rings. The van der Waals surface area contributed by atoms with Gasteiger partial charge in [-0.1, -0.05) is 58.6 Å². The summed E-state index contributed by atoms with van der Waals surface area (Å²) < 4.78 is 0. The van der Waals surface area contributed by atoms with Crippen molar-refractivity contribution in [3.05, 3.63) is 67.7 Å². The highest BCUT2D eigenvalue weighted by Gasteiger charge is 2.13. The molecular formula is C17H16Cl3N. The zero-order valence-electron chi connectivity index (χ0n) is 12.1. The van der Waals surface area contributed by atoms with Crippen LogP contribution in [-0.2, 0) is 0 Å². The molecule has 0 aromatic heterocycles. The largest absolute Gasteiger partial charge is 0.285 e. The maximum absolute atomic E-state index is 6.23. The Balaban J connectivity index is 2.31. The molecule has 1 nitrogen and oxygen atoms in total. The Bertz CT molecular complexity index is 669. The van der Waals surface area contributed by atoms with E-state index in [1.54, 1.807) is 12.1 Å². The maximum atomic E-state index is 6.23. The maximum Gasteiger partial charge on any atom is 0.0750 e. The molecule has 2 aromatic carbocycles. The predicted molar refractivity (Wildman–Crippen MR) is 93.4 cm³/mol. The number of benzene rings is 2. The molecule has 4 heteroatoms. The Hall–Kier alpha value is -1.02.